The van der Waals surface area contributed by atoms with Gasteiger partial charge in [-0.25, -0.2) is 0 Å². The third-order valence-electron chi connectivity index (χ3n) is 3.79. The van der Waals surface area contributed by atoms with Gasteiger partial charge < -0.3 is 9.73 Å². The molecule has 0 amide bonds. The van der Waals surface area contributed by atoms with Crippen molar-refractivity contribution in [2.45, 2.75) is 38.6 Å². The quantitative estimate of drug-likeness (QED) is 0.853. The molecule has 0 radical (unpaired) electrons. The Kier molecular flexibility index (Phi) is 2.89. The van der Waals surface area contributed by atoms with E-state index in [4.69, 9.17) is 4.42 Å². The lowest BCUT2D eigenvalue weighted by Crippen LogP contribution is -2.35. The van der Waals surface area contributed by atoms with Crippen LogP contribution in [0, 0.1) is 6.92 Å². The molecule has 1 fully saturated rings. The highest BCUT2D eigenvalue weighted by atomic mass is 16.3. The molecule has 17 heavy (non-hydrogen) atoms. The first-order valence-corrected chi connectivity index (χ1v) is 6.55. The van der Waals surface area contributed by atoms with E-state index in [2.05, 4.69) is 30.4 Å². The van der Waals surface area contributed by atoms with Gasteiger partial charge in [-0.3, -0.25) is 0 Å². The van der Waals surface area contributed by atoms with Crippen LogP contribution in [0.2, 0.25) is 0 Å². The van der Waals surface area contributed by atoms with E-state index in [9.17, 15) is 0 Å². The number of para-hydroxylation sites is 1. The number of hydrogen-bond acceptors (Lipinski definition) is 2. The zero-order chi connectivity index (χ0) is 11.7. The number of hydrogen-bond donors (Lipinski definition) is 1. The van der Waals surface area contributed by atoms with Crippen molar-refractivity contribution in [3.05, 3.63) is 35.6 Å². The van der Waals surface area contributed by atoms with Crippen molar-refractivity contribution in [3.8, 4) is 0 Å². The van der Waals surface area contributed by atoms with E-state index < -0.39 is 0 Å². The molecule has 0 aliphatic carbocycles. The van der Waals surface area contributed by atoms with Crippen molar-refractivity contribution in [3.63, 3.8) is 0 Å². The number of furan rings is 1. The number of nitrogens with one attached hydrogen (secondary N) is 1. The average molecular weight is 229 g/mol. The molecule has 1 N–H and O–H groups in total. The topological polar surface area (TPSA) is 25.2 Å². The summed E-state index contributed by atoms with van der Waals surface area (Å²) < 4.78 is 5.96. The number of piperidine rings is 1. The lowest BCUT2D eigenvalue weighted by molar-refractivity contribution is 0.377. The Morgan fingerprint density at radius 1 is 1.29 bits per heavy atom. The number of fused-ring (bicyclic) bond motifs is 1. The largest absolute Gasteiger partial charge is 0.461 e. The Balaban J connectivity index is 1.87. The highest BCUT2D eigenvalue weighted by molar-refractivity contribution is 5.81. The van der Waals surface area contributed by atoms with E-state index in [1.807, 2.05) is 6.07 Å². The third kappa shape index (κ3) is 2.09. The maximum Gasteiger partial charge on any atom is 0.134 e. The normalized spacial score (nSPS) is 20.9. The van der Waals surface area contributed by atoms with Crippen LogP contribution >= 0.6 is 0 Å². The second kappa shape index (κ2) is 4.53. The first-order chi connectivity index (χ1) is 8.34. The van der Waals surface area contributed by atoms with Gasteiger partial charge in [0.25, 0.3) is 0 Å². The molecule has 1 saturated heterocycles. The van der Waals surface area contributed by atoms with Crippen LogP contribution < -0.4 is 5.32 Å². The van der Waals surface area contributed by atoms with Crippen molar-refractivity contribution in [1.29, 1.82) is 0 Å². The molecular formula is C15H19NO. The highest BCUT2D eigenvalue weighted by Crippen LogP contribution is 2.26. The van der Waals surface area contributed by atoms with E-state index in [1.54, 1.807) is 0 Å². The minimum absolute atomic E-state index is 0.600. The molecule has 1 aliphatic heterocycles. The minimum atomic E-state index is 0.600. The summed E-state index contributed by atoms with van der Waals surface area (Å²) in [6.45, 7) is 3.33. The molecule has 90 valence electrons. The lowest BCUT2D eigenvalue weighted by atomic mass is 9.99. The molecule has 0 bridgehead atoms. The second-order valence-corrected chi connectivity index (χ2v) is 5.00. The zero-order valence-corrected chi connectivity index (χ0v) is 10.3. The van der Waals surface area contributed by atoms with Crippen LogP contribution in [0.4, 0.5) is 0 Å². The first-order valence-electron chi connectivity index (χ1n) is 6.55. The van der Waals surface area contributed by atoms with E-state index in [-0.39, 0.29) is 0 Å². The molecule has 2 aromatic rings. The van der Waals surface area contributed by atoms with Crippen LogP contribution in [0.25, 0.3) is 11.0 Å². The van der Waals surface area contributed by atoms with Gasteiger partial charge in [-0.05, 0) is 37.9 Å². The molecule has 0 saturated carbocycles. The molecule has 1 aliphatic rings. The second-order valence-electron chi connectivity index (χ2n) is 5.00. The van der Waals surface area contributed by atoms with Gasteiger partial charge in [0.2, 0.25) is 0 Å². The summed E-state index contributed by atoms with van der Waals surface area (Å²) in [6, 6.07) is 8.91. The molecule has 2 nitrogen and oxygen atoms in total. The zero-order valence-electron chi connectivity index (χ0n) is 10.3. The molecule has 0 spiro atoms. The van der Waals surface area contributed by atoms with Crippen LogP contribution in [0.3, 0.4) is 0 Å². The van der Waals surface area contributed by atoms with Gasteiger partial charge >= 0.3 is 0 Å². The summed E-state index contributed by atoms with van der Waals surface area (Å²) in [6.07, 6.45) is 4.96. The van der Waals surface area contributed by atoms with Crippen molar-refractivity contribution in [2.75, 3.05) is 6.54 Å². The van der Waals surface area contributed by atoms with E-state index in [1.165, 1.54) is 30.2 Å². The Morgan fingerprint density at radius 2 is 2.18 bits per heavy atom. The number of rotatable bonds is 2. The van der Waals surface area contributed by atoms with Gasteiger partial charge in [0.15, 0.2) is 0 Å². The number of benzene rings is 1. The van der Waals surface area contributed by atoms with Gasteiger partial charge in [0.1, 0.15) is 11.3 Å². The van der Waals surface area contributed by atoms with Crippen LogP contribution in [0.1, 0.15) is 30.6 Å². The highest BCUT2D eigenvalue weighted by Gasteiger charge is 2.17. The van der Waals surface area contributed by atoms with E-state index in [0.29, 0.717) is 6.04 Å². The predicted octanol–water partition coefficient (Wildman–Crippen LogP) is 3.43. The van der Waals surface area contributed by atoms with Gasteiger partial charge in [0.05, 0.1) is 0 Å². The maximum atomic E-state index is 5.96. The average Bonchev–Trinajstić information content (AvgIpc) is 2.68. The molecule has 2 heterocycles. The smallest absolute Gasteiger partial charge is 0.134 e. The summed E-state index contributed by atoms with van der Waals surface area (Å²) in [5, 5.41) is 4.84. The van der Waals surface area contributed by atoms with Gasteiger partial charge in [0, 0.05) is 17.8 Å². The van der Waals surface area contributed by atoms with Crippen molar-refractivity contribution in [1.82, 2.24) is 5.32 Å². The molecule has 1 aromatic carbocycles. The van der Waals surface area contributed by atoms with E-state index >= 15 is 0 Å². The van der Waals surface area contributed by atoms with Crippen LogP contribution in [-0.4, -0.2) is 12.6 Å². The SMILES string of the molecule is Cc1c(CC2CCCCN2)oc2ccccc12. The maximum absolute atomic E-state index is 5.96. The Labute approximate surface area is 102 Å². The molecule has 1 atom stereocenters. The Hall–Kier alpha value is -1.28. The van der Waals surface area contributed by atoms with Gasteiger partial charge in [-0.1, -0.05) is 24.6 Å². The molecular weight excluding hydrogens is 210 g/mol. The summed E-state index contributed by atoms with van der Waals surface area (Å²) in [4.78, 5) is 0. The fraction of sp³-hybridized carbons (Fsp3) is 0.467. The van der Waals surface area contributed by atoms with E-state index in [0.717, 1.165) is 24.3 Å². The fourth-order valence-electron chi connectivity index (χ4n) is 2.74. The monoisotopic (exact) mass is 229 g/mol. The number of aryl methyl sites for hydroxylation is 1. The summed E-state index contributed by atoms with van der Waals surface area (Å²) in [5.74, 6) is 1.16. The van der Waals surface area contributed by atoms with Crippen molar-refractivity contribution >= 4 is 11.0 Å². The summed E-state index contributed by atoms with van der Waals surface area (Å²) >= 11 is 0. The first kappa shape index (κ1) is 10.8. The lowest BCUT2D eigenvalue weighted by Gasteiger charge is -2.22. The predicted molar refractivity (Wildman–Crippen MR) is 70.3 cm³/mol. The van der Waals surface area contributed by atoms with Crippen molar-refractivity contribution < 1.29 is 4.42 Å². The standard InChI is InChI=1S/C15H19NO/c1-11-13-7-2-3-8-14(13)17-15(11)10-12-6-4-5-9-16-12/h2-3,7-8,12,16H,4-6,9-10H2,1H3. The van der Waals surface area contributed by atoms with Crippen molar-refractivity contribution in [2.24, 2.45) is 0 Å². The van der Waals surface area contributed by atoms with Crippen LogP contribution in [0.15, 0.2) is 28.7 Å². The molecule has 1 aromatic heterocycles. The summed E-state index contributed by atoms with van der Waals surface area (Å²) in [5.41, 5.74) is 2.34. The van der Waals surface area contributed by atoms with Crippen LogP contribution in [-0.2, 0) is 6.42 Å². The molecule has 1 unspecified atom stereocenters. The summed E-state index contributed by atoms with van der Waals surface area (Å²) in [7, 11) is 0. The molecule has 3 rings (SSSR count). The Bertz CT molecular complexity index is 509. The minimum Gasteiger partial charge on any atom is -0.461 e. The Morgan fingerprint density at radius 3 is 2.94 bits per heavy atom. The van der Waals surface area contributed by atoms with Gasteiger partial charge in [-0.15, -0.1) is 0 Å². The van der Waals surface area contributed by atoms with Crippen LogP contribution in [0.5, 0.6) is 0 Å². The fourth-order valence-corrected chi connectivity index (χ4v) is 2.74. The molecule has 2 heteroatoms. The third-order valence-corrected chi connectivity index (χ3v) is 3.79. The van der Waals surface area contributed by atoms with Gasteiger partial charge in [-0.2, -0.15) is 0 Å².